The lowest BCUT2D eigenvalue weighted by Gasteiger charge is -2.22. The van der Waals surface area contributed by atoms with Crippen LogP contribution in [0.15, 0.2) is 12.7 Å². The van der Waals surface area contributed by atoms with Gasteiger partial charge in [-0.15, -0.1) is 0 Å². The zero-order valence-electron chi connectivity index (χ0n) is 12.1. The van der Waals surface area contributed by atoms with Gasteiger partial charge >= 0.3 is 0 Å². The predicted octanol–water partition coefficient (Wildman–Crippen LogP) is -2.00. The minimum absolute atomic E-state index is 0.0764. The molecule has 1 aliphatic heterocycles. The highest BCUT2D eigenvalue weighted by molar-refractivity contribution is 7.89. The molecular formula is C11H15FN6O5S. The van der Waals surface area contributed by atoms with E-state index in [-0.39, 0.29) is 17.0 Å². The molecule has 132 valence electrons. The van der Waals surface area contributed by atoms with Gasteiger partial charge in [0, 0.05) is 6.42 Å². The van der Waals surface area contributed by atoms with Crippen molar-refractivity contribution in [2.75, 3.05) is 11.5 Å². The predicted molar refractivity (Wildman–Crippen MR) is 78.3 cm³/mol. The molecule has 13 heteroatoms. The average molecular weight is 362 g/mol. The number of ether oxygens (including phenoxy) is 1. The standard InChI is InChI=1S/C11H15FN6O5S/c12-11(1-2-24(14,21)22)7(20)6(19)10(23-11)18-4-17-5-8(13)15-3-16-9(5)18/h3-4,6-7,10,19-20H,1-2H2,(H2,13,15,16)(H2,14,21,22)/t6-,7+,10-,11-/m1/s1. The molecule has 24 heavy (non-hydrogen) atoms. The number of aliphatic hydroxyl groups is 2. The number of hydrogen-bond donors (Lipinski definition) is 4. The van der Waals surface area contributed by atoms with Gasteiger partial charge in [0.2, 0.25) is 15.9 Å². The molecule has 1 saturated heterocycles. The number of halogens is 1. The first-order valence-corrected chi connectivity index (χ1v) is 8.50. The number of nitrogen functional groups attached to an aromatic ring is 1. The van der Waals surface area contributed by atoms with Gasteiger partial charge in [0.15, 0.2) is 17.7 Å². The van der Waals surface area contributed by atoms with Crippen molar-refractivity contribution in [3.05, 3.63) is 12.7 Å². The van der Waals surface area contributed by atoms with Crippen LogP contribution in [-0.4, -0.2) is 62.0 Å². The number of rotatable bonds is 4. The molecule has 4 atom stereocenters. The maximum absolute atomic E-state index is 14.8. The first-order valence-electron chi connectivity index (χ1n) is 6.79. The minimum Gasteiger partial charge on any atom is -0.385 e. The molecule has 0 radical (unpaired) electrons. The number of nitrogens with two attached hydrogens (primary N) is 2. The SMILES string of the molecule is Nc1ncnc2c1ncn2[C@@H]1O[C@](F)(CCS(N)(=O)=O)[C@@H](O)[C@H]1O. The number of nitrogens with zero attached hydrogens (tertiary/aromatic N) is 4. The fourth-order valence-corrected chi connectivity index (χ4v) is 3.08. The number of primary sulfonamides is 1. The summed E-state index contributed by atoms with van der Waals surface area (Å²) in [5.41, 5.74) is 6.02. The molecule has 11 nitrogen and oxygen atoms in total. The first-order chi connectivity index (χ1) is 11.1. The normalized spacial score (nSPS) is 30.9. The van der Waals surface area contributed by atoms with E-state index in [2.05, 4.69) is 15.0 Å². The fourth-order valence-electron chi connectivity index (χ4n) is 2.52. The molecule has 0 aromatic carbocycles. The van der Waals surface area contributed by atoms with E-state index < -0.39 is 46.5 Å². The van der Waals surface area contributed by atoms with Gasteiger partial charge in [-0.05, 0) is 0 Å². The van der Waals surface area contributed by atoms with Gasteiger partial charge in [-0.1, -0.05) is 0 Å². The first kappa shape index (κ1) is 16.9. The summed E-state index contributed by atoms with van der Waals surface area (Å²) >= 11 is 0. The summed E-state index contributed by atoms with van der Waals surface area (Å²) < 4.78 is 43.1. The molecule has 1 aliphatic rings. The molecule has 3 heterocycles. The number of hydrogen-bond acceptors (Lipinski definition) is 9. The molecule has 0 aliphatic carbocycles. The summed E-state index contributed by atoms with van der Waals surface area (Å²) in [6.45, 7) is 0. The lowest BCUT2D eigenvalue weighted by Crippen LogP contribution is -2.41. The van der Waals surface area contributed by atoms with Crippen molar-refractivity contribution in [3.63, 3.8) is 0 Å². The molecule has 0 spiro atoms. The average Bonchev–Trinajstić information content (AvgIpc) is 3.02. The third-order valence-corrected chi connectivity index (χ3v) is 4.54. The Balaban J connectivity index is 1.93. The number of imidazole rings is 1. The summed E-state index contributed by atoms with van der Waals surface area (Å²) in [5.74, 6) is -3.49. The lowest BCUT2D eigenvalue weighted by molar-refractivity contribution is -0.187. The van der Waals surface area contributed by atoms with Gasteiger partial charge in [-0.25, -0.2) is 32.9 Å². The van der Waals surface area contributed by atoms with E-state index in [0.717, 1.165) is 6.33 Å². The second-order valence-electron chi connectivity index (χ2n) is 5.43. The van der Waals surface area contributed by atoms with Crippen LogP contribution in [0.3, 0.4) is 0 Å². The van der Waals surface area contributed by atoms with E-state index in [1.807, 2.05) is 0 Å². The van der Waals surface area contributed by atoms with Crippen LogP contribution in [0.4, 0.5) is 10.2 Å². The van der Waals surface area contributed by atoms with Crippen LogP contribution in [0, 0.1) is 0 Å². The Morgan fingerprint density at radius 1 is 1.38 bits per heavy atom. The van der Waals surface area contributed by atoms with E-state index >= 15 is 0 Å². The molecular weight excluding hydrogens is 347 g/mol. The third kappa shape index (κ3) is 2.80. The second-order valence-corrected chi connectivity index (χ2v) is 7.16. The van der Waals surface area contributed by atoms with Crippen LogP contribution in [0.1, 0.15) is 12.6 Å². The molecule has 2 aromatic heterocycles. The Labute approximate surface area is 135 Å². The van der Waals surface area contributed by atoms with Gasteiger partial charge in [0.1, 0.15) is 24.1 Å². The van der Waals surface area contributed by atoms with Gasteiger partial charge in [0.25, 0.3) is 0 Å². The Bertz CT molecular complexity index is 875. The smallest absolute Gasteiger partial charge is 0.241 e. The highest BCUT2D eigenvalue weighted by Gasteiger charge is 2.56. The number of aliphatic hydroxyl groups excluding tert-OH is 2. The third-order valence-electron chi connectivity index (χ3n) is 3.76. The number of aromatic nitrogens is 4. The van der Waals surface area contributed by atoms with Gasteiger partial charge < -0.3 is 20.7 Å². The van der Waals surface area contributed by atoms with Crippen LogP contribution in [0.25, 0.3) is 11.2 Å². The molecule has 0 unspecified atom stereocenters. The van der Waals surface area contributed by atoms with Crippen LogP contribution in [0.2, 0.25) is 0 Å². The summed E-state index contributed by atoms with van der Waals surface area (Å²) in [7, 11) is -3.97. The highest BCUT2D eigenvalue weighted by Crippen LogP contribution is 2.41. The number of sulfonamides is 1. The molecule has 2 aromatic rings. The van der Waals surface area contributed by atoms with Crippen LogP contribution < -0.4 is 10.9 Å². The zero-order chi connectivity index (χ0) is 17.7. The van der Waals surface area contributed by atoms with E-state index in [0.29, 0.717) is 0 Å². The topological polar surface area (TPSA) is 179 Å². The van der Waals surface area contributed by atoms with Crippen molar-refractivity contribution in [2.24, 2.45) is 5.14 Å². The van der Waals surface area contributed by atoms with E-state index in [9.17, 15) is 23.0 Å². The van der Waals surface area contributed by atoms with Crippen LogP contribution in [-0.2, 0) is 14.8 Å². The van der Waals surface area contributed by atoms with Crippen LogP contribution >= 0.6 is 0 Å². The fraction of sp³-hybridized carbons (Fsp3) is 0.545. The molecule has 0 amide bonds. The molecule has 0 bridgehead atoms. The van der Waals surface area contributed by atoms with E-state index in [1.165, 1.54) is 10.9 Å². The monoisotopic (exact) mass is 362 g/mol. The van der Waals surface area contributed by atoms with E-state index in [4.69, 9.17) is 15.6 Å². The summed E-state index contributed by atoms with van der Waals surface area (Å²) in [5, 5.41) is 24.9. The van der Waals surface area contributed by atoms with Crippen molar-refractivity contribution in [2.45, 2.75) is 30.7 Å². The number of alkyl halides is 1. The van der Waals surface area contributed by atoms with Gasteiger partial charge in [-0.3, -0.25) is 4.57 Å². The Hall–Kier alpha value is -1.93. The Morgan fingerprint density at radius 3 is 2.75 bits per heavy atom. The maximum atomic E-state index is 14.8. The van der Waals surface area contributed by atoms with Crippen molar-refractivity contribution >= 4 is 27.0 Å². The van der Waals surface area contributed by atoms with Crippen molar-refractivity contribution < 1.29 is 27.8 Å². The lowest BCUT2D eigenvalue weighted by atomic mass is 10.1. The summed E-state index contributed by atoms with van der Waals surface area (Å²) in [6.07, 6.45) is -3.46. The molecule has 6 N–H and O–H groups in total. The summed E-state index contributed by atoms with van der Waals surface area (Å²) in [4.78, 5) is 11.6. The van der Waals surface area contributed by atoms with Gasteiger partial charge in [0.05, 0.1) is 12.1 Å². The second kappa shape index (κ2) is 5.56. The molecule has 3 rings (SSSR count). The zero-order valence-corrected chi connectivity index (χ0v) is 13.0. The quantitative estimate of drug-likeness (QED) is 0.478. The van der Waals surface area contributed by atoms with Crippen molar-refractivity contribution in [1.82, 2.24) is 19.5 Å². The van der Waals surface area contributed by atoms with Gasteiger partial charge in [-0.2, -0.15) is 0 Å². The van der Waals surface area contributed by atoms with Crippen LogP contribution in [0.5, 0.6) is 0 Å². The Morgan fingerprint density at radius 2 is 2.08 bits per heavy atom. The molecule has 0 saturated carbocycles. The Kier molecular flexibility index (Phi) is 3.92. The number of fused-ring (bicyclic) bond motifs is 1. The van der Waals surface area contributed by atoms with E-state index in [1.54, 1.807) is 0 Å². The molecule has 1 fully saturated rings. The largest absolute Gasteiger partial charge is 0.385 e. The summed E-state index contributed by atoms with van der Waals surface area (Å²) in [6, 6.07) is 0. The minimum atomic E-state index is -3.97. The number of anilines is 1. The van der Waals surface area contributed by atoms with Crippen molar-refractivity contribution in [1.29, 1.82) is 0 Å². The maximum Gasteiger partial charge on any atom is 0.241 e. The highest BCUT2D eigenvalue weighted by atomic mass is 32.2. The van der Waals surface area contributed by atoms with Crippen molar-refractivity contribution in [3.8, 4) is 0 Å².